The van der Waals surface area contributed by atoms with Gasteiger partial charge in [0.05, 0.1) is 12.7 Å². The highest BCUT2D eigenvalue weighted by atomic mass is 16.5. The zero-order chi connectivity index (χ0) is 13.2. The molecule has 0 aromatic carbocycles. The first-order chi connectivity index (χ1) is 7.88. The lowest BCUT2D eigenvalue weighted by molar-refractivity contribution is -0.227. The van der Waals surface area contributed by atoms with Crippen molar-refractivity contribution in [2.45, 2.75) is 43.6 Å². The second kappa shape index (κ2) is 5.71. The molecular weight excluding hydrogens is 234 g/mol. The number of hydrogen-bond donors (Lipinski definition) is 6. The van der Waals surface area contributed by atoms with Crippen LogP contribution in [0.25, 0.3) is 0 Å². The van der Waals surface area contributed by atoms with Crippen molar-refractivity contribution in [3.8, 4) is 0 Å². The van der Waals surface area contributed by atoms with Gasteiger partial charge in [-0.25, -0.2) is 0 Å². The summed E-state index contributed by atoms with van der Waals surface area (Å²) in [5.41, 5.74) is 0. The third kappa shape index (κ3) is 3.12. The molecule has 6 atom stereocenters. The van der Waals surface area contributed by atoms with E-state index in [1.165, 1.54) is 6.92 Å². The van der Waals surface area contributed by atoms with Gasteiger partial charge in [-0.2, -0.15) is 0 Å². The molecule has 17 heavy (non-hydrogen) atoms. The van der Waals surface area contributed by atoms with Gasteiger partial charge in [-0.15, -0.1) is 0 Å². The fraction of sp³-hybridized carbons (Fsp3) is 0.889. The number of hydrogen-bond acceptors (Lipinski definition) is 7. The van der Waals surface area contributed by atoms with E-state index in [0.29, 0.717) is 0 Å². The molecule has 1 aliphatic rings. The summed E-state index contributed by atoms with van der Waals surface area (Å²) in [6.07, 6.45) is -6.10. The van der Waals surface area contributed by atoms with E-state index < -0.39 is 49.3 Å². The predicted molar refractivity (Wildman–Crippen MR) is 54.0 cm³/mol. The third-order valence-electron chi connectivity index (χ3n) is 2.70. The predicted octanol–water partition coefficient (Wildman–Crippen LogP) is -3.15. The first-order valence-corrected chi connectivity index (χ1v) is 5.17. The Bertz CT molecular complexity index is 274. The molecule has 0 saturated carbocycles. The number of aliphatic hydroxyl groups is 4. The molecule has 1 saturated heterocycles. The van der Waals surface area contributed by atoms with E-state index in [0.717, 1.165) is 0 Å². The lowest BCUT2D eigenvalue weighted by Crippen LogP contribution is -2.63. The van der Waals surface area contributed by atoms with Crippen LogP contribution in [0.1, 0.15) is 6.92 Å². The van der Waals surface area contributed by atoms with Crippen LogP contribution in [0.4, 0.5) is 0 Å². The smallest absolute Gasteiger partial charge is 0.323 e. The van der Waals surface area contributed by atoms with Crippen molar-refractivity contribution in [3.63, 3.8) is 0 Å². The Hall–Kier alpha value is -0.770. The van der Waals surface area contributed by atoms with E-state index in [1.807, 2.05) is 0 Å². The molecule has 1 heterocycles. The highest BCUT2D eigenvalue weighted by molar-refractivity contribution is 5.73. The van der Waals surface area contributed by atoms with Crippen LogP contribution in [0.3, 0.4) is 0 Å². The van der Waals surface area contributed by atoms with E-state index >= 15 is 0 Å². The van der Waals surface area contributed by atoms with Crippen LogP contribution < -0.4 is 5.32 Å². The van der Waals surface area contributed by atoms with Crippen molar-refractivity contribution in [2.75, 3.05) is 6.61 Å². The molecule has 0 bridgehead atoms. The summed E-state index contributed by atoms with van der Waals surface area (Å²) in [6, 6.07) is -1.32. The lowest BCUT2D eigenvalue weighted by Gasteiger charge is -2.40. The Morgan fingerprint density at radius 1 is 1.29 bits per heavy atom. The molecule has 1 rings (SSSR count). The van der Waals surface area contributed by atoms with E-state index in [9.17, 15) is 20.1 Å². The van der Waals surface area contributed by atoms with Crippen LogP contribution in [0.2, 0.25) is 0 Å². The van der Waals surface area contributed by atoms with Gasteiger partial charge < -0.3 is 30.3 Å². The standard InChI is InChI=1S/C9H17NO7/c1-3-5(12)6(13)7(14)8(17-3)10-4(2-11)9(15)16/h3-8,10-14H,2H2,1H3,(H,15,16)/t3-,4-,5-,6+,7+,8?/m0/s1. The highest BCUT2D eigenvalue weighted by Gasteiger charge is 2.42. The van der Waals surface area contributed by atoms with Crippen molar-refractivity contribution in [1.29, 1.82) is 0 Å². The van der Waals surface area contributed by atoms with Gasteiger partial charge in [0.2, 0.25) is 0 Å². The molecule has 1 fully saturated rings. The summed E-state index contributed by atoms with van der Waals surface area (Å²) in [7, 11) is 0. The number of ether oxygens (including phenoxy) is 1. The molecule has 1 aliphatic heterocycles. The summed E-state index contributed by atoms with van der Waals surface area (Å²) in [5.74, 6) is -1.31. The summed E-state index contributed by atoms with van der Waals surface area (Å²) < 4.78 is 5.12. The first kappa shape index (κ1) is 14.3. The van der Waals surface area contributed by atoms with Gasteiger partial charge in [-0.3, -0.25) is 10.1 Å². The van der Waals surface area contributed by atoms with Crippen molar-refractivity contribution < 1.29 is 35.1 Å². The minimum atomic E-state index is -1.48. The van der Waals surface area contributed by atoms with Crippen LogP contribution in [-0.2, 0) is 9.53 Å². The van der Waals surface area contributed by atoms with Gasteiger partial charge in [-0.05, 0) is 6.92 Å². The fourth-order valence-electron chi connectivity index (χ4n) is 1.59. The maximum atomic E-state index is 10.7. The second-order valence-electron chi connectivity index (χ2n) is 3.97. The summed E-state index contributed by atoms with van der Waals surface area (Å²) in [5, 5.41) is 48.3. The summed E-state index contributed by atoms with van der Waals surface area (Å²) in [4.78, 5) is 10.7. The van der Waals surface area contributed by atoms with Crippen LogP contribution in [0.15, 0.2) is 0 Å². The van der Waals surface area contributed by atoms with E-state index in [2.05, 4.69) is 5.32 Å². The normalized spacial score (nSPS) is 39.9. The number of carboxylic acid groups (broad SMARTS) is 1. The van der Waals surface area contributed by atoms with Crippen LogP contribution in [0, 0.1) is 0 Å². The average Bonchev–Trinajstić information content (AvgIpc) is 2.29. The molecule has 8 heteroatoms. The number of carboxylic acids is 1. The Morgan fingerprint density at radius 2 is 1.88 bits per heavy atom. The van der Waals surface area contributed by atoms with Crippen molar-refractivity contribution >= 4 is 5.97 Å². The van der Waals surface area contributed by atoms with Crippen LogP contribution in [-0.4, -0.2) is 74.8 Å². The number of rotatable bonds is 4. The van der Waals surface area contributed by atoms with Gasteiger partial charge in [0.25, 0.3) is 0 Å². The van der Waals surface area contributed by atoms with Gasteiger partial charge >= 0.3 is 5.97 Å². The van der Waals surface area contributed by atoms with Gasteiger partial charge in [0, 0.05) is 0 Å². The van der Waals surface area contributed by atoms with Gasteiger partial charge in [0.1, 0.15) is 30.6 Å². The van der Waals surface area contributed by atoms with E-state index in [-0.39, 0.29) is 0 Å². The summed E-state index contributed by atoms with van der Waals surface area (Å²) >= 11 is 0. The molecule has 0 aliphatic carbocycles. The second-order valence-corrected chi connectivity index (χ2v) is 3.97. The molecule has 0 radical (unpaired) electrons. The fourth-order valence-corrected chi connectivity index (χ4v) is 1.59. The molecule has 1 unspecified atom stereocenters. The lowest BCUT2D eigenvalue weighted by atomic mass is 9.99. The minimum Gasteiger partial charge on any atom is -0.480 e. The molecule has 0 aromatic heterocycles. The van der Waals surface area contributed by atoms with Gasteiger partial charge in [0.15, 0.2) is 0 Å². The summed E-state index contributed by atoms with van der Waals surface area (Å²) in [6.45, 7) is 0.790. The first-order valence-electron chi connectivity index (χ1n) is 5.17. The number of nitrogens with one attached hydrogen (secondary N) is 1. The molecule has 0 amide bonds. The van der Waals surface area contributed by atoms with Crippen molar-refractivity contribution in [2.24, 2.45) is 0 Å². The zero-order valence-corrected chi connectivity index (χ0v) is 9.22. The minimum absolute atomic E-state index is 0.686. The maximum Gasteiger partial charge on any atom is 0.323 e. The topological polar surface area (TPSA) is 139 Å². The Labute approximate surface area is 97.4 Å². The number of aliphatic hydroxyl groups excluding tert-OH is 4. The monoisotopic (exact) mass is 251 g/mol. The Kier molecular flexibility index (Phi) is 4.80. The average molecular weight is 251 g/mol. The molecule has 6 N–H and O–H groups in total. The van der Waals surface area contributed by atoms with E-state index in [4.69, 9.17) is 14.9 Å². The molecule has 0 spiro atoms. The van der Waals surface area contributed by atoms with Crippen LogP contribution >= 0.6 is 0 Å². The third-order valence-corrected chi connectivity index (χ3v) is 2.70. The van der Waals surface area contributed by atoms with Crippen molar-refractivity contribution in [1.82, 2.24) is 5.32 Å². The van der Waals surface area contributed by atoms with Crippen LogP contribution in [0.5, 0.6) is 0 Å². The highest BCUT2D eigenvalue weighted by Crippen LogP contribution is 2.19. The number of aliphatic carboxylic acids is 1. The molecule has 8 nitrogen and oxygen atoms in total. The number of carbonyl (C=O) groups is 1. The largest absolute Gasteiger partial charge is 0.480 e. The Balaban J connectivity index is 2.67. The molecule has 100 valence electrons. The Morgan fingerprint density at radius 3 is 2.35 bits per heavy atom. The van der Waals surface area contributed by atoms with Crippen molar-refractivity contribution in [3.05, 3.63) is 0 Å². The zero-order valence-electron chi connectivity index (χ0n) is 9.22. The molecular formula is C9H17NO7. The SMILES string of the molecule is C[C@@H]1OC(N[C@@H](CO)C(=O)O)[C@H](O)[C@H](O)[C@H]1O. The maximum absolute atomic E-state index is 10.7. The van der Waals surface area contributed by atoms with Gasteiger partial charge in [-0.1, -0.05) is 0 Å². The molecule has 0 aromatic rings. The quantitative estimate of drug-likeness (QED) is 0.308. The van der Waals surface area contributed by atoms with E-state index in [1.54, 1.807) is 0 Å².